The number of benzene rings is 1. The Balaban J connectivity index is 1.18. The number of rotatable bonds is 3. The third-order valence-corrected chi connectivity index (χ3v) is 6.28. The Bertz CT molecular complexity index is 1250. The number of carbonyl (C=O) groups is 1. The summed E-state index contributed by atoms with van der Waals surface area (Å²) in [4.78, 5) is 21.7. The van der Waals surface area contributed by atoms with Crippen molar-refractivity contribution in [3.05, 3.63) is 53.6 Å². The molecule has 0 radical (unpaired) electrons. The predicted octanol–water partition coefficient (Wildman–Crippen LogP) is 2.49. The van der Waals surface area contributed by atoms with Crippen LogP contribution < -0.4 is 4.74 Å². The molecule has 8 heteroatoms. The van der Waals surface area contributed by atoms with E-state index in [1.807, 2.05) is 18.3 Å². The minimum absolute atomic E-state index is 0.146. The quantitative estimate of drug-likeness (QED) is 0.566. The number of aromatic nitrogens is 5. The van der Waals surface area contributed by atoms with Crippen LogP contribution in [0.5, 0.6) is 5.75 Å². The van der Waals surface area contributed by atoms with Crippen LogP contribution in [0.3, 0.4) is 0 Å². The number of ether oxygens (including phenoxy) is 1. The van der Waals surface area contributed by atoms with Gasteiger partial charge >= 0.3 is 0 Å². The molecule has 5 heterocycles. The van der Waals surface area contributed by atoms with E-state index in [0.29, 0.717) is 12.3 Å². The van der Waals surface area contributed by atoms with Crippen LogP contribution >= 0.6 is 0 Å². The van der Waals surface area contributed by atoms with Crippen molar-refractivity contribution in [2.24, 2.45) is 0 Å². The zero-order chi connectivity index (χ0) is 20.1. The Morgan fingerprint density at radius 1 is 1.20 bits per heavy atom. The topological polar surface area (TPSA) is 88.4 Å². The Morgan fingerprint density at radius 3 is 3.00 bits per heavy atom. The molecule has 1 saturated heterocycles. The van der Waals surface area contributed by atoms with Gasteiger partial charge in [0.1, 0.15) is 29.8 Å². The zero-order valence-electron chi connectivity index (χ0n) is 16.5. The summed E-state index contributed by atoms with van der Waals surface area (Å²) in [5.41, 5.74) is 5.27. The van der Waals surface area contributed by atoms with Gasteiger partial charge in [0, 0.05) is 36.0 Å². The lowest BCUT2D eigenvalue weighted by atomic mass is 9.92. The number of H-pyrrole nitrogens is 1. The third-order valence-electron chi connectivity index (χ3n) is 6.28. The number of ketones is 1. The summed E-state index contributed by atoms with van der Waals surface area (Å²) in [5, 5.41) is 9.88. The van der Waals surface area contributed by atoms with Gasteiger partial charge in [-0.2, -0.15) is 0 Å². The van der Waals surface area contributed by atoms with Crippen LogP contribution in [0.4, 0.5) is 0 Å². The van der Waals surface area contributed by atoms with E-state index < -0.39 is 0 Å². The van der Waals surface area contributed by atoms with Crippen molar-refractivity contribution in [2.75, 3.05) is 19.7 Å². The predicted molar refractivity (Wildman–Crippen MR) is 111 cm³/mol. The van der Waals surface area contributed by atoms with Crippen LogP contribution in [0.15, 0.2) is 36.8 Å². The summed E-state index contributed by atoms with van der Waals surface area (Å²) in [7, 11) is 0. The Morgan fingerprint density at radius 2 is 2.10 bits per heavy atom. The highest BCUT2D eigenvalue weighted by Crippen LogP contribution is 2.32. The van der Waals surface area contributed by atoms with Crippen LogP contribution in [-0.2, 0) is 17.8 Å². The summed E-state index contributed by atoms with van der Waals surface area (Å²) in [6.45, 7) is 3.11. The number of piperidine rings is 1. The highest BCUT2D eigenvalue weighted by molar-refractivity contribution is 5.92. The molecule has 0 bridgehead atoms. The number of Topliss-reactive ketones (excluding diaryl/α,β-unsaturated/α-hetero) is 1. The standard InChI is InChI=1S/C22H22N6O2/c29-17-10-16-9-14(1-2-19(16)30-12-17)11-27-7-4-15(5-8-27)20-21-18-3-6-23-22(18)24-13-28(21)26-25-20/h1-3,6,9,13,15,23H,4-5,7-8,10-12H2. The molecular weight excluding hydrogens is 380 g/mol. The van der Waals surface area contributed by atoms with Gasteiger partial charge in [0.25, 0.3) is 0 Å². The number of hydrogen-bond donors (Lipinski definition) is 1. The van der Waals surface area contributed by atoms with Crippen molar-refractivity contribution < 1.29 is 9.53 Å². The molecule has 6 rings (SSSR count). The summed E-state index contributed by atoms with van der Waals surface area (Å²) in [6, 6.07) is 8.29. The molecule has 3 aromatic heterocycles. The number of hydrogen-bond acceptors (Lipinski definition) is 6. The summed E-state index contributed by atoms with van der Waals surface area (Å²) in [6.07, 6.45) is 6.22. The van der Waals surface area contributed by atoms with E-state index in [4.69, 9.17) is 4.74 Å². The molecule has 2 aliphatic heterocycles. The first-order valence-electron chi connectivity index (χ1n) is 10.4. The Labute approximate surface area is 172 Å². The molecule has 1 N–H and O–H groups in total. The van der Waals surface area contributed by atoms with E-state index in [1.54, 1.807) is 10.8 Å². The van der Waals surface area contributed by atoms with Gasteiger partial charge < -0.3 is 9.72 Å². The smallest absolute Gasteiger partial charge is 0.174 e. The fourth-order valence-electron chi connectivity index (χ4n) is 4.75. The van der Waals surface area contributed by atoms with Crippen LogP contribution in [0, 0.1) is 0 Å². The maximum absolute atomic E-state index is 11.7. The number of nitrogens with zero attached hydrogens (tertiary/aromatic N) is 5. The Hall–Kier alpha value is -3.26. The second-order valence-corrected chi connectivity index (χ2v) is 8.25. The van der Waals surface area contributed by atoms with Crippen molar-refractivity contribution in [3.63, 3.8) is 0 Å². The summed E-state index contributed by atoms with van der Waals surface area (Å²) >= 11 is 0. The van der Waals surface area contributed by atoms with Gasteiger partial charge in [0.05, 0.1) is 5.69 Å². The van der Waals surface area contributed by atoms with Crippen LogP contribution in [0.2, 0.25) is 0 Å². The minimum Gasteiger partial charge on any atom is -0.486 e. The maximum Gasteiger partial charge on any atom is 0.174 e. The zero-order valence-corrected chi connectivity index (χ0v) is 16.5. The van der Waals surface area contributed by atoms with E-state index in [-0.39, 0.29) is 12.4 Å². The molecular formula is C22H22N6O2. The molecule has 30 heavy (non-hydrogen) atoms. The molecule has 0 aliphatic carbocycles. The van der Waals surface area contributed by atoms with Gasteiger partial charge in [-0.05, 0) is 43.6 Å². The van der Waals surface area contributed by atoms with E-state index in [0.717, 1.165) is 66.0 Å². The largest absolute Gasteiger partial charge is 0.486 e. The first kappa shape index (κ1) is 17.6. The highest BCUT2D eigenvalue weighted by atomic mass is 16.5. The van der Waals surface area contributed by atoms with E-state index in [2.05, 4.69) is 37.3 Å². The SMILES string of the molecule is O=C1COc2ccc(CN3CCC(c4nnn5cnc6[nH]ccc6c45)CC3)cc2C1. The summed E-state index contributed by atoms with van der Waals surface area (Å²) < 4.78 is 7.30. The monoisotopic (exact) mass is 402 g/mol. The number of fused-ring (bicyclic) bond motifs is 4. The van der Waals surface area contributed by atoms with Gasteiger partial charge in [-0.1, -0.05) is 17.3 Å². The molecule has 4 aromatic rings. The van der Waals surface area contributed by atoms with Crippen LogP contribution in [-0.4, -0.2) is 55.2 Å². The van der Waals surface area contributed by atoms with Gasteiger partial charge in [0.2, 0.25) is 0 Å². The normalized spacial score (nSPS) is 18.1. The average molecular weight is 402 g/mol. The van der Waals surface area contributed by atoms with Gasteiger partial charge in [0.15, 0.2) is 5.78 Å². The molecule has 0 spiro atoms. The lowest BCUT2D eigenvalue weighted by molar-refractivity contribution is -0.121. The third kappa shape index (κ3) is 2.95. The molecule has 8 nitrogen and oxygen atoms in total. The van der Waals surface area contributed by atoms with Crippen molar-refractivity contribution in [1.82, 2.24) is 29.7 Å². The van der Waals surface area contributed by atoms with Crippen molar-refractivity contribution in [2.45, 2.75) is 31.7 Å². The van der Waals surface area contributed by atoms with E-state index >= 15 is 0 Å². The van der Waals surface area contributed by atoms with E-state index in [1.165, 1.54) is 5.56 Å². The fourth-order valence-corrected chi connectivity index (χ4v) is 4.75. The van der Waals surface area contributed by atoms with Crippen molar-refractivity contribution >= 4 is 22.3 Å². The second-order valence-electron chi connectivity index (χ2n) is 8.25. The second kappa shape index (κ2) is 6.91. The summed E-state index contributed by atoms with van der Waals surface area (Å²) in [5.74, 6) is 1.39. The van der Waals surface area contributed by atoms with Gasteiger partial charge in [-0.25, -0.2) is 9.50 Å². The molecule has 0 saturated carbocycles. The highest BCUT2D eigenvalue weighted by Gasteiger charge is 2.26. The van der Waals surface area contributed by atoms with Crippen molar-refractivity contribution in [3.8, 4) is 5.75 Å². The van der Waals surface area contributed by atoms with Gasteiger partial charge in [-0.3, -0.25) is 9.69 Å². The fraction of sp³-hybridized carbons (Fsp3) is 0.364. The van der Waals surface area contributed by atoms with E-state index in [9.17, 15) is 4.79 Å². The molecule has 0 amide bonds. The van der Waals surface area contributed by atoms with Gasteiger partial charge in [-0.15, -0.1) is 5.10 Å². The molecule has 0 unspecified atom stereocenters. The average Bonchev–Trinajstić information content (AvgIpc) is 3.40. The first-order valence-corrected chi connectivity index (χ1v) is 10.4. The first-order chi connectivity index (χ1) is 14.7. The maximum atomic E-state index is 11.7. The van der Waals surface area contributed by atoms with Crippen LogP contribution in [0.1, 0.15) is 35.6 Å². The molecule has 1 fully saturated rings. The lowest BCUT2D eigenvalue weighted by Gasteiger charge is -2.31. The molecule has 1 aromatic carbocycles. The number of aromatic amines is 1. The van der Waals surface area contributed by atoms with Crippen molar-refractivity contribution in [1.29, 1.82) is 0 Å². The minimum atomic E-state index is 0.146. The molecule has 0 atom stereocenters. The number of carbonyl (C=O) groups excluding carboxylic acids is 1. The van der Waals surface area contributed by atoms with Crippen LogP contribution in [0.25, 0.3) is 16.6 Å². The Kier molecular flexibility index (Phi) is 4.05. The lowest BCUT2D eigenvalue weighted by Crippen LogP contribution is -2.32. The number of nitrogens with one attached hydrogen (secondary N) is 1. The number of likely N-dealkylation sites (tertiary alicyclic amines) is 1. The molecule has 152 valence electrons. The molecule has 2 aliphatic rings.